The molecule has 8 rings (SSSR count). The van der Waals surface area contributed by atoms with Gasteiger partial charge < -0.3 is 0 Å². The van der Waals surface area contributed by atoms with E-state index in [2.05, 4.69) is 36.4 Å². The summed E-state index contributed by atoms with van der Waals surface area (Å²) >= 11 is 0.118. The summed E-state index contributed by atoms with van der Waals surface area (Å²) in [6.45, 7) is 0.111. The van der Waals surface area contributed by atoms with E-state index in [9.17, 15) is 9.59 Å². The second-order valence-electron chi connectivity index (χ2n) is 11.4. The summed E-state index contributed by atoms with van der Waals surface area (Å²) in [6.07, 6.45) is 0. The van der Waals surface area contributed by atoms with Gasteiger partial charge in [0.1, 0.15) is 0 Å². The van der Waals surface area contributed by atoms with Crippen LogP contribution in [0.3, 0.4) is 0 Å². The topological polar surface area (TPSA) is 68.3 Å². The van der Waals surface area contributed by atoms with E-state index in [1.807, 2.05) is 82.8 Å². The van der Waals surface area contributed by atoms with Gasteiger partial charge in [-0.05, 0) is 0 Å². The number of hydrogen-bond donors (Lipinski definition) is 0. The summed E-state index contributed by atoms with van der Waals surface area (Å²) in [6, 6.07) is 35.0. The molecule has 0 radical (unpaired) electrons. The molecule has 6 atom stereocenters. The van der Waals surface area contributed by atoms with Crippen LogP contribution in [0.4, 0.5) is 5.69 Å². The molecule has 0 aliphatic carbocycles. The molecule has 4 heterocycles. The maximum absolute atomic E-state index is 14.5. The van der Waals surface area contributed by atoms with Gasteiger partial charge in [-0.15, -0.1) is 0 Å². The number of ketones is 1. The predicted octanol–water partition coefficient (Wildman–Crippen LogP) is 4.27. The van der Waals surface area contributed by atoms with Crippen molar-refractivity contribution in [2.45, 2.75) is 35.0 Å². The number of rotatable bonds is 6. The number of fused-ring (bicyclic) bond motifs is 4. The Kier molecular flexibility index (Phi) is 6.42. The molecule has 3 saturated heterocycles. The Bertz CT molecular complexity index is 1680. The van der Waals surface area contributed by atoms with Crippen molar-refractivity contribution in [1.29, 1.82) is 0 Å². The average Bonchev–Trinajstić information content (AvgIpc) is 3.52. The fourth-order valence-electron chi connectivity index (χ4n) is 7.41. The van der Waals surface area contributed by atoms with E-state index in [4.69, 9.17) is 14.3 Å². The van der Waals surface area contributed by atoms with Gasteiger partial charge in [0.15, 0.2) is 0 Å². The molecule has 1 spiro atoms. The van der Waals surface area contributed by atoms with Crippen LogP contribution in [0.5, 0.6) is 11.5 Å². The van der Waals surface area contributed by atoms with Gasteiger partial charge in [-0.2, -0.15) is 0 Å². The number of benzene rings is 4. The molecule has 0 bridgehead atoms. The first kappa shape index (κ1) is 26.7. The molecule has 0 N–H and O–H groups in total. The molecule has 0 saturated carbocycles. The van der Waals surface area contributed by atoms with E-state index in [1.54, 1.807) is 7.11 Å². The van der Waals surface area contributed by atoms with Crippen LogP contribution in [0.1, 0.15) is 21.8 Å². The number of ether oxygens (including phenoxy) is 2. The second kappa shape index (κ2) is 10.4. The van der Waals surface area contributed by atoms with Crippen molar-refractivity contribution in [2.24, 2.45) is 5.92 Å². The minimum absolute atomic E-state index is 0.0666. The summed E-state index contributed by atoms with van der Waals surface area (Å²) < 4.78 is 12.9. The van der Waals surface area contributed by atoms with E-state index in [-0.39, 0.29) is 63.2 Å². The average molecular weight is 638 g/mol. The molecule has 0 unspecified atom stereocenters. The van der Waals surface area contributed by atoms with Gasteiger partial charge in [-0.25, -0.2) is 0 Å². The third kappa shape index (κ3) is 4.01. The molecule has 216 valence electrons. The summed E-state index contributed by atoms with van der Waals surface area (Å²) in [4.78, 5) is 37.4. The van der Waals surface area contributed by atoms with Gasteiger partial charge in [0.25, 0.3) is 0 Å². The molecule has 4 aliphatic heterocycles. The number of amides is 1. The van der Waals surface area contributed by atoms with Crippen molar-refractivity contribution in [3.8, 4) is 11.5 Å². The SMILES string of the molecule is COc1ccc(N2C(=O)[C@H]3[C@@H]2[C@H]2[C@H](c4ccccc4)[C@]4(COc5ccccc5C4=O)ON2[C@@H]3C[Se]c2ccccc2)cc1. The second-order valence-corrected chi connectivity index (χ2v) is 13.7. The van der Waals surface area contributed by atoms with Gasteiger partial charge in [-0.1, -0.05) is 0 Å². The summed E-state index contributed by atoms with van der Waals surface area (Å²) in [5.74, 6) is 0.778. The fourth-order valence-corrected chi connectivity index (χ4v) is 9.65. The number of β-lactam (4-membered cyclic amide) rings is 1. The number of carbonyl (C=O) groups excluding carboxylic acids is 2. The first-order valence-corrected chi connectivity index (χ1v) is 16.6. The zero-order chi connectivity index (χ0) is 29.1. The quantitative estimate of drug-likeness (QED) is 0.233. The van der Waals surface area contributed by atoms with Crippen molar-refractivity contribution < 1.29 is 23.9 Å². The van der Waals surface area contributed by atoms with Gasteiger partial charge in [-0.3, -0.25) is 0 Å². The Balaban J connectivity index is 1.25. The molecule has 3 fully saturated rings. The summed E-state index contributed by atoms with van der Waals surface area (Å²) in [5, 5.41) is 2.83. The molecule has 0 aromatic heterocycles. The van der Waals surface area contributed by atoms with Crippen LogP contribution in [0.25, 0.3) is 0 Å². The fraction of sp³-hybridized carbons (Fsp3) is 0.257. The van der Waals surface area contributed by atoms with Crippen molar-refractivity contribution in [1.82, 2.24) is 5.06 Å². The van der Waals surface area contributed by atoms with Gasteiger partial charge in [0.05, 0.1) is 0 Å². The minimum atomic E-state index is -1.24. The molecule has 8 heteroatoms. The first-order chi connectivity index (χ1) is 21.1. The van der Waals surface area contributed by atoms with Gasteiger partial charge in [0, 0.05) is 0 Å². The van der Waals surface area contributed by atoms with Crippen LogP contribution in [-0.4, -0.2) is 69.2 Å². The normalized spacial score (nSPS) is 29.0. The molecular weight excluding hydrogens is 607 g/mol. The number of anilines is 1. The molecular formula is C35H30N2O5Se. The molecule has 4 aliphatic rings. The zero-order valence-corrected chi connectivity index (χ0v) is 25.3. The van der Waals surface area contributed by atoms with Gasteiger partial charge >= 0.3 is 257 Å². The molecule has 1 amide bonds. The Hall–Kier alpha value is -3.94. The van der Waals surface area contributed by atoms with Crippen LogP contribution >= 0.6 is 0 Å². The molecule has 4 aromatic carbocycles. The standard InChI is InChI=1S/C35H30N2O5Se/c1-40-24-18-16-23(17-19-24)36-31-29(34(36)39)27(20-43-25-12-6-3-7-13-25)37-32(31)30(22-10-4-2-5-11-22)35(42-37)21-41-28-15-9-8-14-26(28)33(35)38/h2-19,27,29-32H,20-21H2,1H3/t27-,29-,30+,31-,32-,35+/m1/s1. The number of carbonyl (C=O) groups is 2. The van der Waals surface area contributed by atoms with Crippen molar-refractivity contribution in [2.75, 3.05) is 18.6 Å². The monoisotopic (exact) mass is 638 g/mol. The number of nitrogens with zero attached hydrogens (tertiary/aromatic N) is 2. The van der Waals surface area contributed by atoms with Crippen LogP contribution in [-0.2, 0) is 9.63 Å². The van der Waals surface area contributed by atoms with E-state index in [1.165, 1.54) is 4.46 Å². The van der Waals surface area contributed by atoms with Crippen molar-refractivity contribution in [3.05, 3.63) is 120 Å². The van der Waals surface area contributed by atoms with E-state index in [0.29, 0.717) is 11.3 Å². The number of methoxy groups -OCH3 is 1. The Morgan fingerprint density at radius 3 is 2.30 bits per heavy atom. The molecule has 4 aromatic rings. The Morgan fingerprint density at radius 1 is 0.860 bits per heavy atom. The predicted molar refractivity (Wildman–Crippen MR) is 163 cm³/mol. The number of hydrogen-bond acceptors (Lipinski definition) is 6. The summed E-state index contributed by atoms with van der Waals surface area (Å²) in [7, 11) is 1.63. The number of Topliss-reactive ketones (excluding diaryl/α,β-unsaturated/α-hetero) is 1. The van der Waals surface area contributed by atoms with E-state index >= 15 is 0 Å². The maximum atomic E-state index is 14.5. The Labute approximate surface area is 256 Å². The third-order valence-electron chi connectivity index (χ3n) is 9.32. The zero-order valence-electron chi connectivity index (χ0n) is 23.5. The van der Waals surface area contributed by atoms with Gasteiger partial charge in [0.2, 0.25) is 0 Å². The van der Waals surface area contributed by atoms with Crippen molar-refractivity contribution in [3.63, 3.8) is 0 Å². The first-order valence-electron chi connectivity index (χ1n) is 14.5. The number of hydroxylamine groups is 2. The van der Waals surface area contributed by atoms with Crippen molar-refractivity contribution >= 4 is 36.8 Å². The van der Waals surface area contributed by atoms with Crippen LogP contribution in [0.2, 0.25) is 5.32 Å². The summed E-state index contributed by atoms with van der Waals surface area (Å²) in [5.41, 5.74) is 1.13. The molecule has 7 nitrogen and oxygen atoms in total. The Morgan fingerprint density at radius 2 is 1.56 bits per heavy atom. The van der Waals surface area contributed by atoms with Crippen LogP contribution in [0.15, 0.2) is 109 Å². The van der Waals surface area contributed by atoms with E-state index in [0.717, 1.165) is 22.3 Å². The van der Waals surface area contributed by atoms with E-state index < -0.39 is 5.60 Å². The number of para-hydroxylation sites is 1. The molecule has 43 heavy (non-hydrogen) atoms. The third-order valence-corrected chi connectivity index (χ3v) is 11.7. The van der Waals surface area contributed by atoms with Crippen LogP contribution < -0.4 is 18.8 Å². The van der Waals surface area contributed by atoms with Crippen LogP contribution in [0, 0.1) is 5.92 Å².